The fourth-order valence-corrected chi connectivity index (χ4v) is 6.12. The van der Waals surface area contributed by atoms with E-state index in [4.69, 9.17) is 0 Å². The third-order valence-corrected chi connectivity index (χ3v) is 7.45. The Hall–Kier alpha value is -0.890. The zero-order valence-electron chi connectivity index (χ0n) is 10.4. The Morgan fingerprint density at radius 1 is 1.10 bits per heavy atom. The van der Waals surface area contributed by atoms with E-state index in [0.717, 1.165) is 21.1 Å². The van der Waals surface area contributed by atoms with E-state index in [2.05, 4.69) is 59.3 Å². The monoisotopic (exact) mass is 442 g/mol. The van der Waals surface area contributed by atoms with Crippen LogP contribution in [0.25, 0.3) is 20.4 Å². The summed E-state index contributed by atoms with van der Waals surface area (Å²) in [5.74, 6) is 0. The normalized spacial score (nSPS) is 13.2. The maximum atomic E-state index is 11.4. The molecule has 1 unspecified atom stereocenters. The number of hydrogen-bond donors (Lipinski definition) is 2. The summed E-state index contributed by atoms with van der Waals surface area (Å²) in [5, 5.41) is 2.11. The molecule has 0 fully saturated rings. The first-order valence-electron chi connectivity index (χ1n) is 6.14. The van der Waals surface area contributed by atoms with Crippen molar-refractivity contribution < 1.29 is 0 Å². The number of imidazole rings is 1. The molecule has 0 spiro atoms. The number of fused-ring (bicyclic) bond motifs is 2. The molecule has 0 radical (unpaired) electrons. The maximum Gasteiger partial charge on any atom is 0.323 e. The highest BCUT2D eigenvalue weighted by Gasteiger charge is 2.18. The summed E-state index contributed by atoms with van der Waals surface area (Å²) < 4.78 is 3.60. The molecule has 7 heteroatoms. The van der Waals surface area contributed by atoms with Crippen LogP contribution in [0.1, 0.15) is 15.3 Å². The van der Waals surface area contributed by atoms with E-state index in [1.807, 2.05) is 12.1 Å². The predicted octanol–water partition coefficient (Wildman–Crippen LogP) is 5.38. The fraction of sp³-hybridized carbons (Fsp3) is 0.0714. The Balaban J connectivity index is 1.85. The summed E-state index contributed by atoms with van der Waals surface area (Å²) in [6, 6.07) is 8.31. The summed E-state index contributed by atoms with van der Waals surface area (Å²) in [6.07, 6.45) is 0. The number of aromatic nitrogens is 2. The van der Waals surface area contributed by atoms with Crippen molar-refractivity contribution in [2.75, 3.05) is 0 Å². The van der Waals surface area contributed by atoms with E-state index >= 15 is 0 Å². The zero-order chi connectivity index (χ0) is 14.6. The quantitative estimate of drug-likeness (QED) is 0.401. The summed E-state index contributed by atoms with van der Waals surface area (Å²) in [7, 11) is 0. The van der Waals surface area contributed by atoms with E-state index in [1.54, 1.807) is 22.7 Å². The average molecular weight is 444 g/mol. The molecule has 1 atom stereocenters. The van der Waals surface area contributed by atoms with Crippen LogP contribution in [0.15, 0.2) is 38.9 Å². The minimum absolute atomic E-state index is 0.0966. The van der Waals surface area contributed by atoms with Gasteiger partial charge in [0.05, 0.1) is 15.9 Å². The smallest absolute Gasteiger partial charge is 0.306 e. The van der Waals surface area contributed by atoms with Crippen molar-refractivity contribution in [2.45, 2.75) is 4.83 Å². The first-order valence-corrected chi connectivity index (χ1v) is 9.55. The number of thiophene rings is 2. The molecule has 106 valence electrons. The lowest BCUT2D eigenvalue weighted by molar-refractivity contribution is 1.21. The Morgan fingerprint density at radius 2 is 1.86 bits per heavy atom. The Bertz CT molecular complexity index is 982. The fourth-order valence-electron chi connectivity index (χ4n) is 2.33. The highest BCUT2D eigenvalue weighted by molar-refractivity contribution is 9.11. The topological polar surface area (TPSA) is 48.6 Å². The minimum Gasteiger partial charge on any atom is -0.306 e. The van der Waals surface area contributed by atoms with E-state index < -0.39 is 0 Å². The van der Waals surface area contributed by atoms with Gasteiger partial charge in [-0.1, -0.05) is 31.9 Å². The number of H-pyrrole nitrogens is 2. The lowest BCUT2D eigenvalue weighted by Gasteiger charge is -2.10. The molecular formula is C14H8Br2N2OS2. The van der Waals surface area contributed by atoms with Crippen LogP contribution >= 0.6 is 54.5 Å². The van der Waals surface area contributed by atoms with Gasteiger partial charge in [0, 0.05) is 18.7 Å². The molecule has 2 N–H and O–H groups in total. The molecule has 0 saturated carbocycles. The van der Waals surface area contributed by atoms with Crippen molar-refractivity contribution in [2.24, 2.45) is 0 Å². The molecular weight excluding hydrogens is 436 g/mol. The number of benzene rings is 1. The molecule has 4 rings (SSSR count). The Labute approximate surface area is 144 Å². The first kappa shape index (κ1) is 13.8. The minimum atomic E-state index is -0.184. The van der Waals surface area contributed by atoms with Crippen LogP contribution in [0.3, 0.4) is 0 Å². The largest absolute Gasteiger partial charge is 0.323 e. The molecule has 1 aromatic carbocycles. The van der Waals surface area contributed by atoms with Gasteiger partial charge >= 0.3 is 5.69 Å². The van der Waals surface area contributed by atoms with Gasteiger partial charge in [-0.15, -0.1) is 22.7 Å². The standard InChI is InChI=1S/C14H8Br2N2OS2/c15-7-4-9-8(17-14(19)18-9)3-6(7)13(16)12-5-11-10(21-12)1-2-20-11/h1-5,13H,(H2,17,18,19). The summed E-state index contributed by atoms with van der Waals surface area (Å²) in [6.45, 7) is 0. The lowest BCUT2D eigenvalue weighted by atomic mass is 10.1. The van der Waals surface area contributed by atoms with Gasteiger partial charge in [-0.25, -0.2) is 4.79 Å². The van der Waals surface area contributed by atoms with Crippen molar-refractivity contribution in [3.05, 3.63) is 55.0 Å². The molecule has 3 aromatic heterocycles. The molecule has 0 aliphatic carbocycles. The molecule has 3 heterocycles. The number of rotatable bonds is 2. The SMILES string of the molecule is O=c1[nH]c2cc(Br)c(C(Br)c3cc4sccc4s3)cc2[nH]1. The molecule has 0 aliphatic heterocycles. The number of aromatic amines is 2. The zero-order valence-corrected chi connectivity index (χ0v) is 15.2. The van der Waals surface area contributed by atoms with Crippen LogP contribution < -0.4 is 5.69 Å². The van der Waals surface area contributed by atoms with Crippen molar-refractivity contribution in [1.29, 1.82) is 0 Å². The first-order chi connectivity index (χ1) is 10.1. The van der Waals surface area contributed by atoms with Crippen LogP contribution in [0.2, 0.25) is 0 Å². The highest BCUT2D eigenvalue weighted by atomic mass is 79.9. The van der Waals surface area contributed by atoms with Gasteiger partial charge in [0.25, 0.3) is 0 Å². The van der Waals surface area contributed by atoms with Gasteiger partial charge in [-0.05, 0) is 35.2 Å². The van der Waals surface area contributed by atoms with Crippen LogP contribution in [-0.4, -0.2) is 9.97 Å². The second-order valence-corrected chi connectivity index (χ2v) is 8.49. The second kappa shape index (κ2) is 5.08. The number of halogens is 2. The summed E-state index contributed by atoms with van der Waals surface area (Å²) in [4.78, 5) is 18.3. The molecule has 0 amide bonds. The second-order valence-electron chi connectivity index (χ2n) is 4.66. The van der Waals surface area contributed by atoms with Crippen LogP contribution in [0.5, 0.6) is 0 Å². The molecule has 21 heavy (non-hydrogen) atoms. The van der Waals surface area contributed by atoms with Gasteiger partial charge in [-0.2, -0.15) is 0 Å². The van der Waals surface area contributed by atoms with Gasteiger partial charge in [0.15, 0.2) is 0 Å². The van der Waals surface area contributed by atoms with Crippen molar-refractivity contribution in [1.82, 2.24) is 9.97 Å². The number of nitrogens with one attached hydrogen (secondary N) is 2. The average Bonchev–Trinajstić information content (AvgIpc) is 3.09. The lowest BCUT2D eigenvalue weighted by Crippen LogP contribution is -1.99. The van der Waals surface area contributed by atoms with E-state index in [0.29, 0.717) is 0 Å². The molecule has 0 bridgehead atoms. The third kappa shape index (κ3) is 2.32. The number of hydrogen-bond acceptors (Lipinski definition) is 3. The molecule has 4 aromatic rings. The van der Waals surface area contributed by atoms with Crippen LogP contribution in [-0.2, 0) is 0 Å². The Morgan fingerprint density at radius 3 is 2.62 bits per heavy atom. The predicted molar refractivity (Wildman–Crippen MR) is 97.1 cm³/mol. The highest BCUT2D eigenvalue weighted by Crippen LogP contribution is 2.42. The molecule has 3 nitrogen and oxygen atoms in total. The van der Waals surface area contributed by atoms with Crippen LogP contribution in [0, 0.1) is 0 Å². The molecule has 0 saturated heterocycles. The maximum absolute atomic E-state index is 11.4. The van der Waals surface area contributed by atoms with Gasteiger partial charge in [-0.3, -0.25) is 0 Å². The van der Waals surface area contributed by atoms with E-state index in [-0.39, 0.29) is 10.5 Å². The number of alkyl halides is 1. The summed E-state index contributed by atoms with van der Waals surface area (Å²) >= 11 is 10.9. The van der Waals surface area contributed by atoms with Crippen molar-refractivity contribution in [3.63, 3.8) is 0 Å². The van der Waals surface area contributed by atoms with Gasteiger partial charge in [0.2, 0.25) is 0 Å². The van der Waals surface area contributed by atoms with Crippen molar-refractivity contribution >= 4 is 75.0 Å². The van der Waals surface area contributed by atoms with E-state index in [9.17, 15) is 4.79 Å². The van der Waals surface area contributed by atoms with Gasteiger partial charge in [0.1, 0.15) is 0 Å². The summed E-state index contributed by atoms with van der Waals surface area (Å²) in [5.41, 5.74) is 2.55. The van der Waals surface area contributed by atoms with Gasteiger partial charge < -0.3 is 9.97 Å². The van der Waals surface area contributed by atoms with Crippen LogP contribution in [0.4, 0.5) is 0 Å². The van der Waals surface area contributed by atoms with Crippen molar-refractivity contribution in [3.8, 4) is 0 Å². The van der Waals surface area contributed by atoms with E-state index in [1.165, 1.54) is 14.3 Å². The third-order valence-electron chi connectivity index (χ3n) is 3.31. The Kier molecular flexibility index (Phi) is 3.33. The molecule has 0 aliphatic rings.